The number of halogens is 3. The van der Waals surface area contributed by atoms with Crippen molar-refractivity contribution in [3.63, 3.8) is 0 Å². The van der Waals surface area contributed by atoms with E-state index in [1.54, 1.807) is 6.07 Å². The van der Waals surface area contributed by atoms with Crippen LogP contribution < -0.4 is 5.32 Å². The van der Waals surface area contributed by atoms with Crippen molar-refractivity contribution in [1.29, 1.82) is 0 Å². The average Bonchev–Trinajstić information content (AvgIpc) is 2.27. The molecule has 0 aliphatic heterocycles. The molecule has 1 heterocycles. The summed E-state index contributed by atoms with van der Waals surface area (Å²) in [5.74, 6) is 0.509. The van der Waals surface area contributed by atoms with Crippen molar-refractivity contribution < 1.29 is 4.39 Å². The molecule has 88 valence electrons. The van der Waals surface area contributed by atoms with Gasteiger partial charge < -0.3 is 5.32 Å². The summed E-state index contributed by atoms with van der Waals surface area (Å²) in [6.45, 7) is 1.92. The van der Waals surface area contributed by atoms with Crippen LogP contribution in [0.3, 0.4) is 0 Å². The zero-order chi connectivity index (χ0) is 12.4. The number of benzene rings is 1. The Morgan fingerprint density at radius 1 is 1.29 bits per heavy atom. The Kier molecular flexibility index (Phi) is 3.98. The molecule has 0 radical (unpaired) electrons. The molecule has 0 bridgehead atoms. The smallest absolute Gasteiger partial charge is 0.130 e. The SMILES string of the molecule is Cc1nc(Nc2ccc(F)cc2I)ccc1Br. The normalized spacial score (nSPS) is 10.4. The highest BCUT2D eigenvalue weighted by atomic mass is 127. The fourth-order valence-electron chi connectivity index (χ4n) is 1.34. The molecule has 0 aliphatic rings. The molecule has 2 rings (SSSR count). The summed E-state index contributed by atoms with van der Waals surface area (Å²) in [6, 6.07) is 8.42. The Labute approximate surface area is 121 Å². The van der Waals surface area contributed by atoms with Gasteiger partial charge in [0.05, 0.1) is 11.4 Å². The van der Waals surface area contributed by atoms with Crippen LogP contribution in [0.25, 0.3) is 0 Å². The average molecular weight is 407 g/mol. The van der Waals surface area contributed by atoms with Crippen molar-refractivity contribution in [2.24, 2.45) is 0 Å². The van der Waals surface area contributed by atoms with Gasteiger partial charge in [0.2, 0.25) is 0 Å². The maximum Gasteiger partial charge on any atom is 0.130 e. The minimum absolute atomic E-state index is 0.236. The second kappa shape index (κ2) is 5.30. The monoisotopic (exact) mass is 406 g/mol. The molecule has 1 aromatic heterocycles. The fourth-order valence-corrected chi connectivity index (χ4v) is 2.18. The minimum Gasteiger partial charge on any atom is -0.339 e. The molecule has 5 heteroatoms. The minimum atomic E-state index is -0.236. The molecule has 0 atom stereocenters. The van der Waals surface area contributed by atoms with Crippen molar-refractivity contribution in [2.75, 3.05) is 5.32 Å². The molecular weight excluding hydrogens is 398 g/mol. The van der Waals surface area contributed by atoms with Gasteiger partial charge in [0.1, 0.15) is 11.6 Å². The zero-order valence-corrected chi connectivity index (χ0v) is 12.7. The second-order valence-corrected chi connectivity index (χ2v) is 5.53. The van der Waals surface area contributed by atoms with Gasteiger partial charge >= 0.3 is 0 Å². The van der Waals surface area contributed by atoms with E-state index in [1.807, 2.05) is 19.1 Å². The number of rotatable bonds is 2. The van der Waals surface area contributed by atoms with Crippen LogP contribution in [-0.2, 0) is 0 Å². The Balaban J connectivity index is 2.28. The van der Waals surface area contributed by atoms with Gasteiger partial charge in [-0.25, -0.2) is 9.37 Å². The molecule has 0 aliphatic carbocycles. The number of hydrogen-bond acceptors (Lipinski definition) is 2. The second-order valence-electron chi connectivity index (χ2n) is 3.51. The van der Waals surface area contributed by atoms with Crippen LogP contribution in [-0.4, -0.2) is 4.98 Å². The lowest BCUT2D eigenvalue weighted by Crippen LogP contribution is -1.97. The van der Waals surface area contributed by atoms with Crippen LogP contribution in [0, 0.1) is 16.3 Å². The molecule has 0 unspecified atom stereocenters. The van der Waals surface area contributed by atoms with Gasteiger partial charge in [-0.05, 0) is 75.8 Å². The summed E-state index contributed by atoms with van der Waals surface area (Å²) >= 11 is 5.49. The number of aryl methyl sites for hydroxylation is 1. The van der Waals surface area contributed by atoms with Crippen molar-refractivity contribution >= 4 is 50.0 Å². The molecule has 2 aromatic rings. The summed E-state index contributed by atoms with van der Waals surface area (Å²) < 4.78 is 14.7. The zero-order valence-electron chi connectivity index (χ0n) is 8.97. The van der Waals surface area contributed by atoms with Gasteiger partial charge in [-0.2, -0.15) is 0 Å². The van der Waals surface area contributed by atoms with Crippen molar-refractivity contribution in [3.05, 3.63) is 49.9 Å². The number of anilines is 2. The van der Waals surface area contributed by atoms with Gasteiger partial charge in [0.25, 0.3) is 0 Å². The third-order valence-electron chi connectivity index (χ3n) is 2.22. The maximum atomic E-state index is 12.9. The van der Waals surface area contributed by atoms with Crippen LogP contribution in [0.4, 0.5) is 15.9 Å². The highest BCUT2D eigenvalue weighted by Crippen LogP contribution is 2.24. The largest absolute Gasteiger partial charge is 0.339 e. The van der Waals surface area contributed by atoms with Crippen LogP contribution in [0.5, 0.6) is 0 Å². The highest BCUT2D eigenvalue weighted by molar-refractivity contribution is 14.1. The summed E-state index contributed by atoms with van der Waals surface area (Å²) in [5, 5.41) is 3.16. The summed E-state index contributed by atoms with van der Waals surface area (Å²) in [5.41, 5.74) is 1.76. The van der Waals surface area contributed by atoms with E-state index >= 15 is 0 Å². The van der Waals surface area contributed by atoms with Crippen LogP contribution in [0.15, 0.2) is 34.8 Å². The van der Waals surface area contributed by atoms with E-state index in [4.69, 9.17) is 0 Å². The third-order valence-corrected chi connectivity index (χ3v) is 3.95. The summed E-state index contributed by atoms with van der Waals surface area (Å²) in [7, 11) is 0. The Hall–Kier alpha value is -0.690. The lowest BCUT2D eigenvalue weighted by molar-refractivity contribution is 0.627. The van der Waals surface area contributed by atoms with Gasteiger partial charge in [-0.15, -0.1) is 0 Å². The topological polar surface area (TPSA) is 24.9 Å². The van der Waals surface area contributed by atoms with Gasteiger partial charge in [-0.3, -0.25) is 0 Å². The molecule has 0 saturated carbocycles. The van der Waals surface area contributed by atoms with Crippen LogP contribution in [0.2, 0.25) is 0 Å². The first-order valence-electron chi connectivity index (χ1n) is 4.91. The molecular formula is C12H9BrFIN2. The Morgan fingerprint density at radius 3 is 2.71 bits per heavy atom. The first-order valence-corrected chi connectivity index (χ1v) is 6.78. The van der Waals surface area contributed by atoms with Crippen LogP contribution in [0.1, 0.15) is 5.69 Å². The summed E-state index contributed by atoms with van der Waals surface area (Å²) in [4.78, 5) is 4.38. The molecule has 1 aromatic carbocycles. The van der Waals surface area contributed by atoms with E-state index in [1.165, 1.54) is 12.1 Å². The van der Waals surface area contributed by atoms with E-state index < -0.39 is 0 Å². The quantitative estimate of drug-likeness (QED) is 0.735. The lowest BCUT2D eigenvalue weighted by atomic mass is 10.3. The number of nitrogens with zero attached hydrogens (tertiary/aromatic N) is 1. The maximum absolute atomic E-state index is 12.9. The predicted octanol–water partition coefficient (Wildman–Crippen LogP) is 4.64. The predicted molar refractivity (Wildman–Crippen MR) is 79.1 cm³/mol. The van der Waals surface area contributed by atoms with Gasteiger partial charge in [-0.1, -0.05) is 0 Å². The van der Waals surface area contributed by atoms with E-state index in [-0.39, 0.29) is 5.82 Å². The molecule has 1 N–H and O–H groups in total. The number of pyridine rings is 1. The van der Waals surface area contributed by atoms with E-state index in [9.17, 15) is 4.39 Å². The van der Waals surface area contributed by atoms with Crippen molar-refractivity contribution in [3.8, 4) is 0 Å². The first kappa shape index (κ1) is 12.8. The Bertz CT molecular complexity index is 560. The summed E-state index contributed by atoms with van der Waals surface area (Å²) in [6.07, 6.45) is 0. The van der Waals surface area contributed by atoms with E-state index in [0.29, 0.717) is 0 Å². The van der Waals surface area contributed by atoms with Crippen LogP contribution >= 0.6 is 38.5 Å². The van der Waals surface area contributed by atoms with Crippen molar-refractivity contribution in [2.45, 2.75) is 6.92 Å². The number of hydrogen-bond donors (Lipinski definition) is 1. The Morgan fingerprint density at radius 2 is 2.06 bits per heavy atom. The van der Waals surface area contributed by atoms with E-state index in [2.05, 4.69) is 48.8 Å². The first-order chi connectivity index (χ1) is 8.06. The molecule has 2 nitrogen and oxygen atoms in total. The fraction of sp³-hybridized carbons (Fsp3) is 0.0833. The molecule has 0 spiro atoms. The van der Waals surface area contributed by atoms with E-state index in [0.717, 1.165) is 25.2 Å². The highest BCUT2D eigenvalue weighted by Gasteiger charge is 2.04. The molecule has 0 fully saturated rings. The van der Waals surface area contributed by atoms with Crippen molar-refractivity contribution in [1.82, 2.24) is 4.98 Å². The standard InChI is InChI=1S/C12H9BrFIN2/c1-7-9(13)3-5-12(16-7)17-11-4-2-8(14)6-10(11)15/h2-6H,1H3,(H,16,17). The van der Waals surface area contributed by atoms with Gasteiger partial charge in [0.15, 0.2) is 0 Å². The van der Waals surface area contributed by atoms with Gasteiger partial charge in [0, 0.05) is 8.04 Å². The number of aromatic nitrogens is 1. The molecule has 17 heavy (non-hydrogen) atoms. The third kappa shape index (κ3) is 3.16. The molecule has 0 amide bonds. The number of nitrogens with one attached hydrogen (secondary N) is 1. The lowest BCUT2D eigenvalue weighted by Gasteiger charge is -2.09. The molecule has 0 saturated heterocycles.